The van der Waals surface area contributed by atoms with Crippen molar-refractivity contribution < 1.29 is 9.59 Å². The molecule has 2 N–H and O–H groups in total. The number of para-hydroxylation sites is 1. The molecule has 1 aromatic heterocycles. The number of rotatable bonds is 4. The maximum atomic E-state index is 12.1. The Kier molecular flexibility index (Phi) is 4.08. The van der Waals surface area contributed by atoms with E-state index in [1.165, 1.54) is 11.8 Å². The number of fused-ring (bicyclic) bond motifs is 1. The van der Waals surface area contributed by atoms with Crippen molar-refractivity contribution in [2.24, 2.45) is 0 Å². The molecule has 1 heterocycles. The normalized spacial score (nSPS) is 12.2. The fraction of sp³-hybridized carbons (Fsp3) is 0.333. The van der Waals surface area contributed by atoms with Gasteiger partial charge < -0.3 is 15.2 Å². The van der Waals surface area contributed by atoms with Gasteiger partial charge in [0.2, 0.25) is 11.8 Å². The molecule has 20 heavy (non-hydrogen) atoms. The maximum Gasteiger partial charge on any atom is 0.244 e. The van der Waals surface area contributed by atoms with Crippen LogP contribution >= 0.6 is 0 Å². The van der Waals surface area contributed by atoms with E-state index in [0.29, 0.717) is 6.42 Å². The molecular formula is C15H19N3O2. The number of nitrogens with zero attached hydrogens (tertiary/aromatic N) is 1. The third-order valence-electron chi connectivity index (χ3n) is 3.22. The number of carbonyl (C=O) groups excluding carboxylic acids is 2. The summed E-state index contributed by atoms with van der Waals surface area (Å²) in [5, 5.41) is 3.80. The first-order valence-electron chi connectivity index (χ1n) is 6.52. The second kappa shape index (κ2) is 5.77. The van der Waals surface area contributed by atoms with Gasteiger partial charge in [-0.05, 0) is 11.6 Å². The van der Waals surface area contributed by atoms with Gasteiger partial charge in [-0.3, -0.25) is 9.59 Å². The zero-order valence-corrected chi connectivity index (χ0v) is 11.9. The summed E-state index contributed by atoms with van der Waals surface area (Å²) in [5.41, 5.74) is 2.05. The van der Waals surface area contributed by atoms with Gasteiger partial charge in [-0.1, -0.05) is 18.2 Å². The third-order valence-corrected chi connectivity index (χ3v) is 3.22. The second-order valence-electron chi connectivity index (χ2n) is 5.05. The van der Waals surface area contributed by atoms with E-state index in [1.54, 1.807) is 14.1 Å². The number of aromatic nitrogens is 1. The first-order chi connectivity index (χ1) is 9.49. The number of amides is 2. The summed E-state index contributed by atoms with van der Waals surface area (Å²) in [6, 6.07) is 7.37. The Hall–Kier alpha value is -2.30. The van der Waals surface area contributed by atoms with E-state index in [1.807, 2.05) is 30.5 Å². The fourth-order valence-corrected chi connectivity index (χ4v) is 2.28. The Bertz CT molecular complexity index is 631. The van der Waals surface area contributed by atoms with Gasteiger partial charge in [0.05, 0.1) is 0 Å². The largest absolute Gasteiger partial charge is 0.361 e. The zero-order valence-electron chi connectivity index (χ0n) is 11.9. The predicted molar refractivity (Wildman–Crippen MR) is 78.3 cm³/mol. The molecule has 0 aliphatic heterocycles. The summed E-state index contributed by atoms with van der Waals surface area (Å²) in [6.45, 7) is 1.42. The number of hydrogen-bond acceptors (Lipinski definition) is 2. The summed E-state index contributed by atoms with van der Waals surface area (Å²) >= 11 is 0. The standard InChI is InChI=1S/C15H19N3O2/c1-10(19)17-14(15(20)18(2)3)8-11-9-16-13-7-5-4-6-12(11)13/h4-7,9,14,16H,8H2,1-3H3,(H,17,19)/t14-/m0/s1. The quantitative estimate of drug-likeness (QED) is 0.882. The SMILES string of the molecule is CC(=O)N[C@@H](Cc1c[nH]c2ccccc12)C(=O)N(C)C. The molecule has 0 unspecified atom stereocenters. The predicted octanol–water partition coefficient (Wildman–Crippen LogP) is 1.30. The number of likely N-dealkylation sites (N-methyl/N-ethyl adjacent to an activating group) is 1. The number of benzene rings is 1. The minimum Gasteiger partial charge on any atom is -0.361 e. The van der Waals surface area contributed by atoms with E-state index in [2.05, 4.69) is 10.3 Å². The Morgan fingerprint density at radius 2 is 2.00 bits per heavy atom. The van der Waals surface area contributed by atoms with Crippen LogP contribution in [0.15, 0.2) is 30.5 Å². The molecule has 0 saturated heterocycles. The van der Waals surface area contributed by atoms with Crippen LogP contribution in [0.3, 0.4) is 0 Å². The number of H-pyrrole nitrogens is 1. The molecular weight excluding hydrogens is 254 g/mol. The molecule has 0 bridgehead atoms. The van der Waals surface area contributed by atoms with E-state index in [0.717, 1.165) is 16.5 Å². The average Bonchev–Trinajstić information content (AvgIpc) is 2.80. The molecule has 0 saturated carbocycles. The van der Waals surface area contributed by atoms with Crippen molar-refractivity contribution in [1.29, 1.82) is 0 Å². The van der Waals surface area contributed by atoms with Gasteiger partial charge in [0.1, 0.15) is 6.04 Å². The summed E-state index contributed by atoms with van der Waals surface area (Å²) in [6.07, 6.45) is 2.36. The van der Waals surface area contributed by atoms with E-state index in [9.17, 15) is 9.59 Å². The first kappa shape index (κ1) is 14.1. The minimum atomic E-state index is -0.540. The Balaban J connectivity index is 2.27. The average molecular weight is 273 g/mol. The smallest absolute Gasteiger partial charge is 0.244 e. The van der Waals surface area contributed by atoms with Crippen LogP contribution in [-0.4, -0.2) is 41.8 Å². The van der Waals surface area contributed by atoms with Crippen LogP contribution in [0.25, 0.3) is 10.9 Å². The van der Waals surface area contributed by atoms with Crippen LogP contribution in [0.1, 0.15) is 12.5 Å². The lowest BCUT2D eigenvalue weighted by Crippen LogP contribution is -2.46. The van der Waals surface area contributed by atoms with Gasteiger partial charge in [-0.15, -0.1) is 0 Å². The van der Waals surface area contributed by atoms with Gasteiger partial charge in [0, 0.05) is 44.5 Å². The van der Waals surface area contributed by atoms with Crippen LogP contribution < -0.4 is 5.32 Å². The van der Waals surface area contributed by atoms with Gasteiger partial charge in [0.15, 0.2) is 0 Å². The molecule has 0 aliphatic rings. The number of aromatic amines is 1. The summed E-state index contributed by atoms with van der Waals surface area (Å²) in [5.74, 6) is -0.310. The lowest BCUT2D eigenvalue weighted by molar-refractivity contribution is -0.133. The third kappa shape index (κ3) is 2.99. The Morgan fingerprint density at radius 3 is 2.65 bits per heavy atom. The van der Waals surface area contributed by atoms with Crippen molar-refractivity contribution in [2.75, 3.05) is 14.1 Å². The molecule has 1 atom stereocenters. The molecule has 106 valence electrons. The van der Waals surface area contributed by atoms with Crippen LogP contribution in [0.5, 0.6) is 0 Å². The summed E-state index contributed by atoms with van der Waals surface area (Å²) in [7, 11) is 3.37. The second-order valence-corrected chi connectivity index (χ2v) is 5.05. The molecule has 0 radical (unpaired) electrons. The van der Waals surface area contributed by atoms with E-state index in [-0.39, 0.29) is 11.8 Å². The van der Waals surface area contributed by atoms with Crippen LogP contribution in [0, 0.1) is 0 Å². The van der Waals surface area contributed by atoms with E-state index < -0.39 is 6.04 Å². The molecule has 5 nitrogen and oxygen atoms in total. The lowest BCUT2D eigenvalue weighted by atomic mass is 10.0. The van der Waals surface area contributed by atoms with Crippen molar-refractivity contribution in [1.82, 2.24) is 15.2 Å². The van der Waals surface area contributed by atoms with Gasteiger partial charge in [-0.2, -0.15) is 0 Å². The van der Waals surface area contributed by atoms with Crippen LogP contribution in [0.4, 0.5) is 0 Å². The van der Waals surface area contributed by atoms with Crippen molar-refractivity contribution in [3.8, 4) is 0 Å². The lowest BCUT2D eigenvalue weighted by Gasteiger charge is -2.21. The number of carbonyl (C=O) groups is 2. The summed E-state index contributed by atoms with van der Waals surface area (Å²) < 4.78 is 0. The Morgan fingerprint density at radius 1 is 1.30 bits per heavy atom. The Labute approximate surface area is 118 Å². The maximum absolute atomic E-state index is 12.1. The van der Waals surface area contributed by atoms with Crippen molar-refractivity contribution >= 4 is 22.7 Å². The van der Waals surface area contributed by atoms with Crippen LogP contribution in [0.2, 0.25) is 0 Å². The van der Waals surface area contributed by atoms with Crippen LogP contribution in [-0.2, 0) is 16.0 Å². The van der Waals surface area contributed by atoms with E-state index in [4.69, 9.17) is 0 Å². The molecule has 2 amide bonds. The topological polar surface area (TPSA) is 65.2 Å². The molecule has 2 aromatic rings. The molecule has 5 heteroatoms. The highest BCUT2D eigenvalue weighted by atomic mass is 16.2. The van der Waals surface area contributed by atoms with Crippen molar-refractivity contribution in [3.05, 3.63) is 36.0 Å². The van der Waals surface area contributed by atoms with Crippen molar-refractivity contribution in [2.45, 2.75) is 19.4 Å². The number of hydrogen-bond donors (Lipinski definition) is 2. The fourth-order valence-electron chi connectivity index (χ4n) is 2.28. The molecule has 0 spiro atoms. The molecule has 2 rings (SSSR count). The minimum absolute atomic E-state index is 0.106. The highest BCUT2D eigenvalue weighted by Crippen LogP contribution is 2.19. The number of nitrogens with one attached hydrogen (secondary N) is 2. The van der Waals surface area contributed by atoms with Gasteiger partial charge in [-0.25, -0.2) is 0 Å². The van der Waals surface area contributed by atoms with E-state index >= 15 is 0 Å². The highest BCUT2D eigenvalue weighted by molar-refractivity contribution is 5.88. The van der Waals surface area contributed by atoms with Gasteiger partial charge >= 0.3 is 0 Å². The molecule has 0 fully saturated rings. The first-order valence-corrected chi connectivity index (χ1v) is 6.52. The van der Waals surface area contributed by atoms with Crippen molar-refractivity contribution in [3.63, 3.8) is 0 Å². The monoisotopic (exact) mass is 273 g/mol. The zero-order chi connectivity index (χ0) is 14.7. The molecule has 1 aromatic carbocycles. The summed E-state index contributed by atoms with van der Waals surface area (Å²) in [4.78, 5) is 28.1. The van der Waals surface area contributed by atoms with Gasteiger partial charge in [0.25, 0.3) is 0 Å². The molecule has 0 aliphatic carbocycles. The highest BCUT2D eigenvalue weighted by Gasteiger charge is 2.22.